The van der Waals surface area contributed by atoms with Crippen LogP contribution in [0.2, 0.25) is 0 Å². The van der Waals surface area contributed by atoms with Crippen LogP contribution in [0.25, 0.3) is 0 Å². The first-order valence-corrected chi connectivity index (χ1v) is 11.8. The molecule has 0 aliphatic carbocycles. The minimum absolute atomic E-state index is 0.00258. The molecule has 0 unspecified atom stereocenters. The highest BCUT2D eigenvalue weighted by Crippen LogP contribution is 2.39. The zero-order chi connectivity index (χ0) is 19.6. The van der Waals surface area contributed by atoms with Crippen LogP contribution in [0.1, 0.15) is 27.1 Å². The lowest BCUT2D eigenvalue weighted by Gasteiger charge is -2.35. The molecule has 5 rings (SSSR count). The van der Waals surface area contributed by atoms with Crippen LogP contribution in [0.4, 0.5) is 0 Å². The minimum atomic E-state index is -0.00258. The van der Waals surface area contributed by atoms with Crippen molar-refractivity contribution in [2.45, 2.75) is 24.2 Å². The van der Waals surface area contributed by atoms with Crippen molar-refractivity contribution in [3.05, 3.63) is 68.4 Å². The Balaban J connectivity index is 1.32. The minimum Gasteiger partial charge on any atom is -0.467 e. The number of carbonyl (C=O) groups is 1. The van der Waals surface area contributed by atoms with Crippen molar-refractivity contribution in [1.82, 2.24) is 25.1 Å². The molecule has 5 heterocycles. The molecule has 0 saturated heterocycles. The third-order valence-electron chi connectivity index (χ3n) is 4.81. The van der Waals surface area contributed by atoms with Crippen molar-refractivity contribution in [2.24, 2.45) is 0 Å². The SMILES string of the molecule is O=C(CSc1nnnn1Cc1ccco1)N1CCc2sccc2[C@@H]1c1cccs1. The number of furan rings is 1. The maximum Gasteiger partial charge on any atom is 0.233 e. The van der Waals surface area contributed by atoms with E-state index in [1.165, 1.54) is 27.1 Å². The highest BCUT2D eigenvalue weighted by molar-refractivity contribution is 7.99. The second kappa shape index (κ2) is 8.13. The molecular formula is C19H17N5O2S3. The first-order valence-electron chi connectivity index (χ1n) is 9.10. The number of carbonyl (C=O) groups excluding carboxylic acids is 1. The van der Waals surface area contributed by atoms with Crippen molar-refractivity contribution >= 4 is 40.3 Å². The number of amides is 1. The first kappa shape index (κ1) is 18.6. The Hall–Kier alpha value is -2.43. The van der Waals surface area contributed by atoms with Gasteiger partial charge in [0.25, 0.3) is 0 Å². The molecule has 0 aromatic carbocycles. The number of thioether (sulfide) groups is 1. The summed E-state index contributed by atoms with van der Waals surface area (Å²) >= 11 is 4.83. The van der Waals surface area contributed by atoms with Crippen LogP contribution in [0.3, 0.4) is 0 Å². The van der Waals surface area contributed by atoms with E-state index >= 15 is 0 Å². The van der Waals surface area contributed by atoms with Crippen LogP contribution in [0, 0.1) is 0 Å². The number of thiophene rings is 2. The van der Waals surface area contributed by atoms with Crippen LogP contribution >= 0.6 is 34.4 Å². The molecule has 0 spiro atoms. The molecule has 10 heteroatoms. The third-order valence-corrected chi connectivity index (χ3v) is 7.67. The molecule has 0 bridgehead atoms. The fourth-order valence-corrected chi connectivity index (χ4v) is 6.02. The van der Waals surface area contributed by atoms with Crippen molar-refractivity contribution in [3.63, 3.8) is 0 Å². The highest BCUT2D eigenvalue weighted by Gasteiger charge is 2.33. The Morgan fingerprint density at radius 2 is 2.21 bits per heavy atom. The highest BCUT2D eigenvalue weighted by atomic mass is 32.2. The van der Waals surface area contributed by atoms with Gasteiger partial charge in [0.15, 0.2) is 0 Å². The summed E-state index contributed by atoms with van der Waals surface area (Å²) in [5.74, 6) is 1.15. The van der Waals surface area contributed by atoms with E-state index in [1.54, 1.807) is 33.6 Å². The summed E-state index contributed by atoms with van der Waals surface area (Å²) < 4.78 is 7.02. The number of tetrazole rings is 1. The summed E-state index contributed by atoms with van der Waals surface area (Å²) in [7, 11) is 0. The molecule has 0 fully saturated rings. The second-order valence-electron chi connectivity index (χ2n) is 6.54. The van der Waals surface area contributed by atoms with Gasteiger partial charge in [0.1, 0.15) is 12.3 Å². The maximum absolute atomic E-state index is 13.2. The number of aromatic nitrogens is 4. The second-order valence-corrected chi connectivity index (χ2v) is 9.46. The molecule has 29 heavy (non-hydrogen) atoms. The molecule has 1 aliphatic rings. The van der Waals surface area contributed by atoms with Gasteiger partial charge in [-0.3, -0.25) is 4.79 Å². The molecule has 4 aromatic rings. The number of rotatable bonds is 6. The lowest BCUT2D eigenvalue weighted by molar-refractivity contribution is -0.130. The monoisotopic (exact) mass is 443 g/mol. The van der Waals surface area contributed by atoms with Gasteiger partial charge in [-0.1, -0.05) is 17.8 Å². The Labute approximate surface area is 179 Å². The predicted octanol–water partition coefficient (Wildman–Crippen LogP) is 3.70. The van der Waals surface area contributed by atoms with E-state index in [1.807, 2.05) is 23.1 Å². The van der Waals surface area contributed by atoms with E-state index in [2.05, 4.69) is 38.4 Å². The molecule has 148 valence electrons. The van der Waals surface area contributed by atoms with Crippen molar-refractivity contribution in [3.8, 4) is 0 Å². The van der Waals surface area contributed by atoms with Gasteiger partial charge in [-0.15, -0.1) is 27.8 Å². The van der Waals surface area contributed by atoms with Crippen LogP contribution in [0.15, 0.2) is 56.9 Å². The molecule has 0 radical (unpaired) electrons. The van der Waals surface area contributed by atoms with Gasteiger partial charge in [-0.2, -0.15) is 0 Å². The summed E-state index contributed by atoms with van der Waals surface area (Å²) in [6.07, 6.45) is 2.53. The summed E-state index contributed by atoms with van der Waals surface area (Å²) in [6.45, 7) is 1.17. The molecule has 4 aromatic heterocycles. The van der Waals surface area contributed by atoms with Gasteiger partial charge in [0.05, 0.1) is 18.1 Å². The Bertz CT molecular complexity index is 1090. The van der Waals surface area contributed by atoms with E-state index in [-0.39, 0.29) is 11.9 Å². The number of hydrogen-bond acceptors (Lipinski definition) is 8. The van der Waals surface area contributed by atoms with E-state index < -0.39 is 0 Å². The molecule has 1 amide bonds. The Morgan fingerprint density at radius 1 is 1.24 bits per heavy atom. The maximum atomic E-state index is 13.2. The first-order chi connectivity index (χ1) is 14.3. The zero-order valence-corrected chi connectivity index (χ0v) is 17.8. The lowest BCUT2D eigenvalue weighted by Crippen LogP contribution is -2.40. The smallest absolute Gasteiger partial charge is 0.233 e. The van der Waals surface area contributed by atoms with E-state index in [9.17, 15) is 4.79 Å². The van der Waals surface area contributed by atoms with Crippen LogP contribution in [-0.2, 0) is 17.8 Å². The van der Waals surface area contributed by atoms with Gasteiger partial charge in [-0.05, 0) is 57.4 Å². The van der Waals surface area contributed by atoms with Gasteiger partial charge in [0.2, 0.25) is 11.1 Å². The van der Waals surface area contributed by atoms with E-state index in [0.29, 0.717) is 17.5 Å². The largest absolute Gasteiger partial charge is 0.467 e. The van der Waals surface area contributed by atoms with E-state index in [4.69, 9.17) is 4.42 Å². The van der Waals surface area contributed by atoms with Crippen LogP contribution in [-0.4, -0.2) is 43.3 Å². The molecular weight excluding hydrogens is 426 g/mol. The fourth-order valence-electron chi connectivity index (χ4n) is 3.50. The third kappa shape index (κ3) is 3.75. The Kier molecular flexibility index (Phi) is 5.21. The quantitative estimate of drug-likeness (QED) is 0.423. The predicted molar refractivity (Wildman–Crippen MR) is 112 cm³/mol. The Morgan fingerprint density at radius 3 is 3.03 bits per heavy atom. The average molecular weight is 444 g/mol. The van der Waals surface area contributed by atoms with Crippen molar-refractivity contribution in [1.29, 1.82) is 0 Å². The van der Waals surface area contributed by atoms with E-state index in [0.717, 1.165) is 18.7 Å². The molecule has 0 saturated carbocycles. The summed E-state index contributed by atoms with van der Waals surface area (Å²) in [5, 5.41) is 16.6. The normalized spacial score (nSPS) is 16.1. The molecule has 0 N–H and O–H groups in total. The summed E-state index contributed by atoms with van der Waals surface area (Å²) in [4.78, 5) is 17.7. The van der Waals surface area contributed by atoms with Gasteiger partial charge < -0.3 is 9.32 Å². The van der Waals surface area contributed by atoms with Crippen LogP contribution < -0.4 is 0 Å². The van der Waals surface area contributed by atoms with Crippen LogP contribution in [0.5, 0.6) is 0 Å². The summed E-state index contributed by atoms with van der Waals surface area (Å²) in [6, 6.07) is 10.0. The van der Waals surface area contributed by atoms with Gasteiger partial charge in [-0.25, -0.2) is 4.68 Å². The zero-order valence-electron chi connectivity index (χ0n) is 15.3. The molecule has 7 nitrogen and oxygen atoms in total. The lowest BCUT2D eigenvalue weighted by atomic mass is 9.98. The molecule has 1 aliphatic heterocycles. The topological polar surface area (TPSA) is 77.0 Å². The van der Waals surface area contributed by atoms with Gasteiger partial charge in [0, 0.05) is 16.3 Å². The standard InChI is InChI=1S/C19H17N5O2S3/c25-17(12-29-19-20-21-22-24(19)11-13-3-1-8-26-13)23-7-5-15-14(6-10-28-15)18(23)16-4-2-9-27-16/h1-4,6,8-10,18H,5,7,11-12H2/t18-/m1/s1. The van der Waals surface area contributed by atoms with Crippen molar-refractivity contribution < 1.29 is 9.21 Å². The van der Waals surface area contributed by atoms with Crippen molar-refractivity contribution in [2.75, 3.05) is 12.3 Å². The molecule has 1 atom stereocenters. The number of nitrogens with zero attached hydrogens (tertiary/aromatic N) is 5. The van der Waals surface area contributed by atoms with Gasteiger partial charge >= 0.3 is 0 Å². The fraction of sp³-hybridized carbons (Fsp3) is 0.263. The average Bonchev–Trinajstić information content (AvgIpc) is 3.54. The number of fused-ring (bicyclic) bond motifs is 1. The number of hydrogen-bond donors (Lipinski definition) is 0. The summed E-state index contributed by atoms with van der Waals surface area (Å²) in [5.41, 5.74) is 1.25.